The van der Waals surface area contributed by atoms with Gasteiger partial charge in [-0.3, -0.25) is 4.79 Å². The molecule has 1 aromatic carbocycles. The molecule has 2 unspecified atom stereocenters. The fourth-order valence-corrected chi connectivity index (χ4v) is 4.04. The molecule has 1 aliphatic heterocycles. The standard InChI is InChI=1S/C20H28N2O3/c23-19(24)12-11-17(14-15-6-2-1-3-7-15)21-20(25)22-13-5-10-18(22)16-8-4-9-16/h1-3,6-7,16-18H,4-5,8-14H2,(H,21,25)(H,23,24). The van der Waals surface area contributed by atoms with Crippen molar-refractivity contribution in [2.75, 3.05) is 6.54 Å². The van der Waals surface area contributed by atoms with Gasteiger partial charge in [-0.2, -0.15) is 0 Å². The van der Waals surface area contributed by atoms with Crippen LogP contribution in [0.25, 0.3) is 0 Å². The molecule has 2 atom stereocenters. The van der Waals surface area contributed by atoms with E-state index in [1.54, 1.807) is 0 Å². The number of rotatable bonds is 7. The van der Waals surface area contributed by atoms with E-state index in [9.17, 15) is 9.59 Å². The molecule has 0 spiro atoms. The summed E-state index contributed by atoms with van der Waals surface area (Å²) in [5, 5.41) is 12.1. The summed E-state index contributed by atoms with van der Waals surface area (Å²) >= 11 is 0. The van der Waals surface area contributed by atoms with Crippen LogP contribution in [0.15, 0.2) is 30.3 Å². The van der Waals surface area contributed by atoms with Crippen LogP contribution in [0.2, 0.25) is 0 Å². The van der Waals surface area contributed by atoms with Gasteiger partial charge >= 0.3 is 12.0 Å². The number of likely N-dealkylation sites (tertiary alicyclic amines) is 1. The Labute approximate surface area is 149 Å². The molecule has 0 aromatic heterocycles. The summed E-state index contributed by atoms with van der Waals surface area (Å²) in [5.74, 6) is -0.152. The van der Waals surface area contributed by atoms with Gasteiger partial charge in [0.05, 0.1) is 0 Å². The number of carbonyl (C=O) groups excluding carboxylic acids is 1. The molecule has 5 heteroatoms. The molecule has 2 amide bonds. The first kappa shape index (κ1) is 17.8. The molecule has 136 valence electrons. The summed E-state index contributed by atoms with van der Waals surface area (Å²) in [6.45, 7) is 0.823. The second-order valence-electron chi connectivity index (χ2n) is 7.36. The van der Waals surface area contributed by atoms with Gasteiger partial charge in [0.1, 0.15) is 0 Å². The third-order valence-corrected chi connectivity index (χ3v) is 5.61. The Morgan fingerprint density at radius 1 is 1.16 bits per heavy atom. The van der Waals surface area contributed by atoms with Crippen LogP contribution in [0.1, 0.15) is 50.5 Å². The highest BCUT2D eigenvalue weighted by molar-refractivity contribution is 5.75. The number of hydrogen-bond acceptors (Lipinski definition) is 2. The van der Waals surface area contributed by atoms with Crippen LogP contribution in [0.3, 0.4) is 0 Å². The Kier molecular flexibility index (Phi) is 5.95. The Bertz CT molecular complexity index is 586. The molecule has 0 bridgehead atoms. The fraction of sp³-hybridized carbons (Fsp3) is 0.600. The lowest BCUT2D eigenvalue weighted by molar-refractivity contribution is -0.137. The van der Waals surface area contributed by atoms with Gasteiger partial charge in [-0.1, -0.05) is 36.8 Å². The van der Waals surface area contributed by atoms with Gasteiger partial charge in [-0.25, -0.2) is 4.79 Å². The summed E-state index contributed by atoms with van der Waals surface area (Å²) < 4.78 is 0. The molecule has 5 nitrogen and oxygen atoms in total. The minimum Gasteiger partial charge on any atom is -0.481 e. The summed E-state index contributed by atoms with van der Waals surface area (Å²) in [7, 11) is 0. The fourth-order valence-electron chi connectivity index (χ4n) is 4.04. The summed E-state index contributed by atoms with van der Waals surface area (Å²) in [5.41, 5.74) is 1.12. The van der Waals surface area contributed by atoms with Crippen molar-refractivity contribution in [3.05, 3.63) is 35.9 Å². The van der Waals surface area contributed by atoms with E-state index in [2.05, 4.69) is 5.32 Å². The summed E-state index contributed by atoms with van der Waals surface area (Å²) in [6, 6.07) is 10.2. The van der Waals surface area contributed by atoms with E-state index in [0.717, 1.165) is 24.9 Å². The molecule has 2 N–H and O–H groups in total. The Balaban J connectivity index is 1.61. The van der Waals surface area contributed by atoms with Crippen LogP contribution < -0.4 is 5.32 Å². The predicted molar refractivity (Wildman–Crippen MR) is 96.4 cm³/mol. The van der Waals surface area contributed by atoms with Crippen molar-refractivity contribution in [1.82, 2.24) is 10.2 Å². The number of nitrogens with one attached hydrogen (secondary N) is 1. The van der Waals surface area contributed by atoms with E-state index in [1.165, 1.54) is 19.3 Å². The highest BCUT2D eigenvalue weighted by Crippen LogP contribution is 2.37. The number of benzene rings is 1. The van der Waals surface area contributed by atoms with Gasteiger partial charge < -0.3 is 15.3 Å². The van der Waals surface area contributed by atoms with Crippen LogP contribution in [-0.4, -0.2) is 40.6 Å². The van der Waals surface area contributed by atoms with Crippen molar-refractivity contribution in [2.24, 2.45) is 5.92 Å². The van der Waals surface area contributed by atoms with Crippen LogP contribution in [0.4, 0.5) is 4.79 Å². The molecule has 2 aliphatic rings. The van der Waals surface area contributed by atoms with Crippen LogP contribution in [-0.2, 0) is 11.2 Å². The first-order valence-electron chi connectivity index (χ1n) is 9.46. The quantitative estimate of drug-likeness (QED) is 0.796. The maximum absolute atomic E-state index is 12.8. The predicted octanol–water partition coefficient (Wildman–Crippen LogP) is 3.44. The summed E-state index contributed by atoms with van der Waals surface area (Å²) in [4.78, 5) is 25.8. The Morgan fingerprint density at radius 2 is 1.92 bits per heavy atom. The third-order valence-electron chi connectivity index (χ3n) is 5.61. The number of hydrogen-bond donors (Lipinski definition) is 2. The number of amides is 2. The molecular formula is C20H28N2O3. The highest BCUT2D eigenvalue weighted by Gasteiger charge is 2.37. The van der Waals surface area contributed by atoms with Gasteiger partial charge in [0.15, 0.2) is 0 Å². The topological polar surface area (TPSA) is 69.6 Å². The molecule has 1 saturated heterocycles. The van der Waals surface area contributed by atoms with Gasteiger partial charge in [0.25, 0.3) is 0 Å². The van der Waals surface area contributed by atoms with Crippen molar-refractivity contribution in [3.8, 4) is 0 Å². The zero-order valence-electron chi connectivity index (χ0n) is 14.7. The molecule has 1 saturated carbocycles. The Morgan fingerprint density at radius 3 is 2.56 bits per heavy atom. The zero-order valence-corrected chi connectivity index (χ0v) is 14.7. The molecule has 1 aliphatic carbocycles. The van der Waals surface area contributed by atoms with Gasteiger partial charge in [-0.15, -0.1) is 0 Å². The largest absolute Gasteiger partial charge is 0.481 e. The average molecular weight is 344 g/mol. The van der Waals surface area contributed by atoms with Gasteiger partial charge in [0.2, 0.25) is 0 Å². The SMILES string of the molecule is O=C(O)CCC(Cc1ccccc1)NC(=O)N1CCCC1C1CCC1. The van der Waals surface area contributed by atoms with E-state index in [-0.39, 0.29) is 18.5 Å². The van der Waals surface area contributed by atoms with E-state index < -0.39 is 5.97 Å². The van der Waals surface area contributed by atoms with E-state index >= 15 is 0 Å². The maximum atomic E-state index is 12.8. The molecule has 25 heavy (non-hydrogen) atoms. The van der Waals surface area contributed by atoms with Crippen molar-refractivity contribution >= 4 is 12.0 Å². The molecule has 1 aromatic rings. The lowest BCUT2D eigenvalue weighted by Gasteiger charge is -2.37. The lowest BCUT2D eigenvalue weighted by Crippen LogP contribution is -2.50. The van der Waals surface area contributed by atoms with Crippen molar-refractivity contribution in [3.63, 3.8) is 0 Å². The lowest BCUT2D eigenvalue weighted by atomic mass is 9.79. The van der Waals surface area contributed by atoms with E-state index in [4.69, 9.17) is 5.11 Å². The Hall–Kier alpha value is -2.04. The normalized spacial score (nSPS) is 21.6. The number of carboxylic acid groups (broad SMARTS) is 1. The van der Waals surface area contributed by atoms with Crippen LogP contribution >= 0.6 is 0 Å². The maximum Gasteiger partial charge on any atom is 0.317 e. The second-order valence-corrected chi connectivity index (χ2v) is 7.36. The van der Waals surface area contributed by atoms with Gasteiger partial charge in [-0.05, 0) is 50.0 Å². The number of urea groups is 1. The third kappa shape index (κ3) is 4.74. The van der Waals surface area contributed by atoms with E-state index in [0.29, 0.717) is 24.8 Å². The number of nitrogens with zero attached hydrogens (tertiary/aromatic N) is 1. The molecular weight excluding hydrogens is 316 g/mol. The average Bonchev–Trinajstić information content (AvgIpc) is 3.01. The minimum atomic E-state index is -0.819. The molecule has 1 heterocycles. The first-order valence-corrected chi connectivity index (χ1v) is 9.46. The number of carbonyl (C=O) groups is 2. The van der Waals surface area contributed by atoms with Crippen LogP contribution in [0.5, 0.6) is 0 Å². The van der Waals surface area contributed by atoms with Crippen molar-refractivity contribution < 1.29 is 14.7 Å². The zero-order chi connectivity index (χ0) is 17.6. The molecule has 3 rings (SSSR count). The number of carboxylic acids is 1. The summed E-state index contributed by atoms with van der Waals surface area (Å²) in [6.07, 6.45) is 7.14. The second kappa shape index (κ2) is 8.37. The van der Waals surface area contributed by atoms with Crippen molar-refractivity contribution in [1.29, 1.82) is 0 Å². The minimum absolute atomic E-state index is 0.0132. The highest BCUT2D eigenvalue weighted by atomic mass is 16.4. The van der Waals surface area contributed by atoms with Gasteiger partial charge in [0, 0.05) is 25.0 Å². The smallest absolute Gasteiger partial charge is 0.317 e. The number of aliphatic carboxylic acids is 1. The molecule has 2 fully saturated rings. The van der Waals surface area contributed by atoms with E-state index in [1.807, 2.05) is 35.2 Å². The van der Waals surface area contributed by atoms with Crippen LogP contribution in [0, 0.1) is 5.92 Å². The first-order chi connectivity index (χ1) is 12.1. The monoisotopic (exact) mass is 344 g/mol. The molecule has 0 radical (unpaired) electrons. The van der Waals surface area contributed by atoms with Crippen molar-refractivity contribution in [2.45, 2.75) is 63.5 Å².